The van der Waals surface area contributed by atoms with Crippen molar-refractivity contribution >= 4 is 33.0 Å². The molecule has 0 radical (unpaired) electrons. The smallest absolute Gasteiger partial charge is 0.252 e. The number of rotatable bonds is 4. The summed E-state index contributed by atoms with van der Waals surface area (Å²) in [5.41, 5.74) is 4.03. The van der Waals surface area contributed by atoms with Crippen LogP contribution in [0.4, 0.5) is 5.69 Å². The molecule has 1 saturated heterocycles. The van der Waals surface area contributed by atoms with E-state index in [0.29, 0.717) is 23.6 Å². The molecule has 1 fully saturated rings. The second-order valence-electron chi connectivity index (χ2n) is 6.90. The maximum absolute atomic E-state index is 12.8. The number of carbonyl (C=O) groups excluding carboxylic acids is 1. The molecular weight excluding hydrogens is 368 g/mol. The molecule has 3 rings (SSSR count). The number of thiophene rings is 1. The van der Waals surface area contributed by atoms with Crippen molar-refractivity contribution in [2.75, 3.05) is 18.4 Å². The van der Waals surface area contributed by atoms with Crippen LogP contribution in [-0.2, 0) is 14.8 Å². The van der Waals surface area contributed by atoms with Gasteiger partial charge in [-0.15, -0.1) is 11.3 Å². The number of carbonyl (C=O) groups is 1. The number of benzene rings is 1. The molecule has 1 N–H and O–H groups in total. The Morgan fingerprint density at radius 1 is 1.23 bits per heavy atom. The number of hydrogen-bond acceptors (Lipinski definition) is 4. The number of anilines is 1. The number of hydrogen-bond donors (Lipinski definition) is 1. The van der Waals surface area contributed by atoms with E-state index in [2.05, 4.69) is 5.32 Å². The van der Waals surface area contributed by atoms with Gasteiger partial charge in [0.05, 0.1) is 5.92 Å². The van der Waals surface area contributed by atoms with Gasteiger partial charge in [-0.1, -0.05) is 23.8 Å². The summed E-state index contributed by atoms with van der Waals surface area (Å²) in [7, 11) is -3.51. The first kappa shape index (κ1) is 19.1. The van der Waals surface area contributed by atoms with E-state index >= 15 is 0 Å². The monoisotopic (exact) mass is 392 g/mol. The molecule has 5 nitrogen and oxygen atoms in total. The lowest BCUT2D eigenvalue weighted by Gasteiger charge is -2.31. The summed E-state index contributed by atoms with van der Waals surface area (Å²) < 4.78 is 27.2. The summed E-state index contributed by atoms with van der Waals surface area (Å²) in [6, 6.07) is 7.42. The zero-order chi connectivity index (χ0) is 18.9. The van der Waals surface area contributed by atoms with Gasteiger partial charge in [0, 0.05) is 18.8 Å². The molecular formula is C19H24N2O3S2. The molecule has 1 aromatic heterocycles. The predicted octanol–water partition coefficient (Wildman–Crippen LogP) is 3.71. The second kappa shape index (κ2) is 7.50. The minimum Gasteiger partial charge on any atom is -0.325 e. The number of piperidine rings is 1. The summed E-state index contributed by atoms with van der Waals surface area (Å²) >= 11 is 1.21. The zero-order valence-corrected chi connectivity index (χ0v) is 16.9. The average molecular weight is 393 g/mol. The molecule has 0 bridgehead atoms. The minimum absolute atomic E-state index is 0.105. The highest BCUT2D eigenvalue weighted by Gasteiger charge is 2.34. The lowest BCUT2D eigenvalue weighted by atomic mass is 9.98. The first-order valence-corrected chi connectivity index (χ1v) is 11.0. The summed E-state index contributed by atoms with van der Waals surface area (Å²) in [6.07, 6.45) is 1.39. The quantitative estimate of drug-likeness (QED) is 0.862. The number of nitrogens with one attached hydrogen (secondary N) is 1. The summed E-state index contributed by atoms with van der Waals surface area (Å²) in [5, 5.41) is 4.78. The van der Waals surface area contributed by atoms with Crippen molar-refractivity contribution in [3.05, 3.63) is 46.3 Å². The van der Waals surface area contributed by atoms with Gasteiger partial charge >= 0.3 is 0 Å². The largest absolute Gasteiger partial charge is 0.325 e. The number of aryl methyl sites for hydroxylation is 3. The van der Waals surface area contributed by atoms with Crippen molar-refractivity contribution in [3.63, 3.8) is 0 Å². The Kier molecular flexibility index (Phi) is 5.50. The van der Waals surface area contributed by atoms with Gasteiger partial charge in [-0.3, -0.25) is 4.79 Å². The van der Waals surface area contributed by atoms with Crippen LogP contribution >= 0.6 is 11.3 Å². The van der Waals surface area contributed by atoms with E-state index in [-0.39, 0.29) is 18.4 Å². The Morgan fingerprint density at radius 2 is 1.92 bits per heavy atom. The molecule has 1 amide bonds. The Balaban J connectivity index is 1.75. The van der Waals surface area contributed by atoms with Crippen molar-refractivity contribution < 1.29 is 13.2 Å². The van der Waals surface area contributed by atoms with Crippen LogP contribution in [-0.4, -0.2) is 31.7 Å². The molecule has 0 spiro atoms. The highest BCUT2D eigenvalue weighted by Crippen LogP contribution is 2.28. The molecule has 0 unspecified atom stereocenters. The van der Waals surface area contributed by atoms with Crippen LogP contribution in [0.25, 0.3) is 0 Å². The van der Waals surface area contributed by atoms with Crippen molar-refractivity contribution in [3.8, 4) is 0 Å². The van der Waals surface area contributed by atoms with Crippen LogP contribution in [0.1, 0.15) is 29.5 Å². The predicted molar refractivity (Wildman–Crippen MR) is 105 cm³/mol. The third-order valence-electron chi connectivity index (χ3n) is 4.77. The van der Waals surface area contributed by atoms with E-state index in [4.69, 9.17) is 0 Å². The minimum atomic E-state index is -3.51. The van der Waals surface area contributed by atoms with Gasteiger partial charge in [0.15, 0.2) is 0 Å². The van der Waals surface area contributed by atoms with Gasteiger partial charge < -0.3 is 5.32 Å². The lowest BCUT2D eigenvalue weighted by molar-refractivity contribution is -0.120. The first-order chi connectivity index (χ1) is 12.3. The Bertz CT molecular complexity index is 882. The van der Waals surface area contributed by atoms with E-state index in [1.165, 1.54) is 15.6 Å². The molecule has 2 aromatic rings. The topological polar surface area (TPSA) is 66.5 Å². The maximum Gasteiger partial charge on any atom is 0.252 e. The van der Waals surface area contributed by atoms with Crippen LogP contribution in [0.5, 0.6) is 0 Å². The third kappa shape index (κ3) is 3.84. The SMILES string of the molecule is Cc1cc(C)c(NC(=O)[C@@H]2CCCN(S(=O)(=O)c3cccs3)C2)c(C)c1. The molecule has 2 heterocycles. The van der Waals surface area contributed by atoms with E-state index in [9.17, 15) is 13.2 Å². The zero-order valence-electron chi connectivity index (χ0n) is 15.3. The van der Waals surface area contributed by atoms with Crippen molar-refractivity contribution in [1.29, 1.82) is 0 Å². The van der Waals surface area contributed by atoms with Crippen LogP contribution in [0, 0.1) is 26.7 Å². The molecule has 0 saturated carbocycles. The van der Waals surface area contributed by atoms with Gasteiger partial charge in [-0.2, -0.15) is 4.31 Å². The van der Waals surface area contributed by atoms with Crippen molar-refractivity contribution in [2.45, 2.75) is 37.8 Å². The fourth-order valence-corrected chi connectivity index (χ4v) is 6.18. The fourth-order valence-electron chi connectivity index (χ4n) is 3.51. The second-order valence-corrected chi connectivity index (χ2v) is 10.0. The van der Waals surface area contributed by atoms with Crippen LogP contribution in [0.2, 0.25) is 0 Å². The Morgan fingerprint density at radius 3 is 2.54 bits per heavy atom. The average Bonchev–Trinajstić information content (AvgIpc) is 3.13. The van der Waals surface area contributed by atoms with Crippen LogP contribution < -0.4 is 5.32 Å². The van der Waals surface area contributed by atoms with Gasteiger partial charge in [0.1, 0.15) is 4.21 Å². The molecule has 0 aliphatic carbocycles. The normalized spacial score (nSPS) is 18.7. The molecule has 1 atom stereocenters. The first-order valence-electron chi connectivity index (χ1n) is 8.71. The summed E-state index contributed by atoms with van der Waals surface area (Å²) in [6.45, 7) is 6.68. The van der Waals surface area contributed by atoms with E-state index in [1.807, 2.05) is 32.9 Å². The summed E-state index contributed by atoms with van der Waals surface area (Å²) in [5.74, 6) is -0.440. The third-order valence-corrected chi connectivity index (χ3v) is 8.01. The van der Waals surface area contributed by atoms with Gasteiger partial charge in [0.25, 0.3) is 10.0 Å². The molecule has 26 heavy (non-hydrogen) atoms. The van der Waals surface area contributed by atoms with Crippen LogP contribution in [0.15, 0.2) is 33.9 Å². The van der Waals surface area contributed by atoms with E-state index in [0.717, 1.165) is 22.4 Å². The number of amides is 1. The molecule has 1 aliphatic rings. The summed E-state index contributed by atoms with van der Waals surface area (Å²) in [4.78, 5) is 12.8. The molecule has 140 valence electrons. The van der Waals surface area contributed by atoms with Gasteiger partial charge in [-0.05, 0) is 56.2 Å². The fraction of sp³-hybridized carbons (Fsp3) is 0.421. The Labute approximate surface area is 159 Å². The van der Waals surface area contributed by atoms with E-state index in [1.54, 1.807) is 17.5 Å². The van der Waals surface area contributed by atoms with Crippen molar-refractivity contribution in [2.24, 2.45) is 5.92 Å². The standard InChI is InChI=1S/C19H24N2O3S2/c1-13-10-14(2)18(15(3)11-13)20-19(22)16-6-4-8-21(12-16)26(23,24)17-7-5-9-25-17/h5,7,9-11,16H,4,6,8,12H2,1-3H3,(H,20,22)/t16-/m1/s1. The molecule has 1 aromatic carbocycles. The van der Waals surface area contributed by atoms with Crippen LogP contribution in [0.3, 0.4) is 0 Å². The van der Waals surface area contributed by atoms with Crippen molar-refractivity contribution in [1.82, 2.24) is 4.31 Å². The highest BCUT2D eigenvalue weighted by molar-refractivity contribution is 7.91. The Hall–Kier alpha value is -1.70. The maximum atomic E-state index is 12.8. The van der Waals surface area contributed by atoms with Gasteiger partial charge in [0.2, 0.25) is 5.91 Å². The molecule has 1 aliphatic heterocycles. The lowest BCUT2D eigenvalue weighted by Crippen LogP contribution is -2.43. The number of nitrogens with zero attached hydrogens (tertiary/aromatic N) is 1. The highest BCUT2D eigenvalue weighted by atomic mass is 32.2. The van der Waals surface area contributed by atoms with Gasteiger partial charge in [-0.25, -0.2) is 8.42 Å². The van der Waals surface area contributed by atoms with E-state index < -0.39 is 10.0 Å². The number of sulfonamides is 1. The molecule has 7 heteroatoms.